The molecule has 0 aliphatic carbocycles. The van der Waals surface area contributed by atoms with Crippen LogP contribution in [0.1, 0.15) is 10.4 Å². The van der Waals surface area contributed by atoms with E-state index < -0.39 is 5.91 Å². The standard InChI is InChI=1S/C13H12N2O3/c1-17-11-4-2-3-5-12(11)18-10-6-7-15-8-9(10)13(14)16/h2-8H,1H3,(H2,14,16). The summed E-state index contributed by atoms with van der Waals surface area (Å²) in [4.78, 5) is 15.1. The molecular formula is C13H12N2O3. The molecule has 0 fully saturated rings. The molecule has 1 aromatic heterocycles. The molecule has 0 aliphatic heterocycles. The molecule has 1 amide bonds. The lowest BCUT2D eigenvalue weighted by molar-refractivity contribution is 0.0997. The summed E-state index contributed by atoms with van der Waals surface area (Å²) < 4.78 is 10.8. The molecule has 0 radical (unpaired) electrons. The summed E-state index contributed by atoms with van der Waals surface area (Å²) in [6.07, 6.45) is 2.89. The van der Waals surface area contributed by atoms with Crippen molar-refractivity contribution in [2.75, 3.05) is 7.11 Å². The van der Waals surface area contributed by atoms with Crippen molar-refractivity contribution >= 4 is 5.91 Å². The Morgan fingerprint density at radius 2 is 1.89 bits per heavy atom. The zero-order valence-corrected chi connectivity index (χ0v) is 9.79. The SMILES string of the molecule is COc1ccccc1Oc1ccncc1C(N)=O. The second-order valence-corrected chi connectivity index (χ2v) is 3.49. The smallest absolute Gasteiger partial charge is 0.254 e. The summed E-state index contributed by atoms with van der Waals surface area (Å²) in [7, 11) is 1.55. The van der Waals surface area contributed by atoms with Crippen molar-refractivity contribution in [2.24, 2.45) is 5.73 Å². The molecular weight excluding hydrogens is 232 g/mol. The lowest BCUT2D eigenvalue weighted by atomic mass is 10.2. The number of rotatable bonds is 4. The number of ether oxygens (including phenoxy) is 2. The van der Waals surface area contributed by atoms with Gasteiger partial charge in [0.05, 0.1) is 7.11 Å². The molecule has 0 spiro atoms. The fourth-order valence-corrected chi connectivity index (χ4v) is 1.48. The minimum absolute atomic E-state index is 0.225. The molecule has 18 heavy (non-hydrogen) atoms. The third-order valence-corrected chi connectivity index (χ3v) is 2.34. The number of methoxy groups -OCH3 is 1. The molecule has 0 aliphatic rings. The Bertz CT molecular complexity index is 570. The Morgan fingerprint density at radius 1 is 1.17 bits per heavy atom. The first-order valence-electron chi connectivity index (χ1n) is 5.27. The van der Waals surface area contributed by atoms with Crippen LogP contribution in [0.25, 0.3) is 0 Å². The van der Waals surface area contributed by atoms with Gasteiger partial charge in [-0.15, -0.1) is 0 Å². The van der Waals surface area contributed by atoms with Crippen molar-refractivity contribution in [1.29, 1.82) is 0 Å². The summed E-state index contributed by atoms with van der Waals surface area (Å²) in [6, 6.07) is 8.72. The van der Waals surface area contributed by atoms with Gasteiger partial charge in [-0.05, 0) is 18.2 Å². The quantitative estimate of drug-likeness (QED) is 0.892. The van der Waals surface area contributed by atoms with Gasteiger partial charge >= 0.3 is 0 Å². The maximum Gasteiger partial charge on any atom is 0.254 e. The first-order chi connectivity index (χ1) is 8.72. The number of nitrogens with zero attached hydrogens (tertiary/aromatic N) is 1. The number of amides is 1. The summed E-state index contributed by atoms with van der Waals surface area (Å²) in [5.74, 6) is 0.841. The number of hydrogen-bond donors (Lipinski definition) is 1. The maximum absolute atomic E-state index is 11.2. The largest absolute Gasteiger partial charge is 0.493 e. The van der Waals surface area contributed by atoms with Crippen molar-refractivity contribution in [3.63, 3.8) is 0 Å². The van der Waals surface area contributed by atoms with Crippen LogP contribution in [0.5, 0.6) is 17.2 Å². The zero-order chi connectivity index (χ0) is 13.0. The van der Waals surface area contributed by atoms with E-state index in [1.165, 1.54) is 12.4 Å². The molecule has 1 heterocycles. The van der Waals surface area contributed by atoms with E-state index >= 15 is 0 Å². The molecule has 2 N–H and O–H groups in total. The third-order valence-electron chi connectivity index (χ3n) is 2.34. The van der Waals surface area contributed by atoms with Gasteiger partial charge in [0.2, 0.25) is 0 Å². The van der Waals surface area contributed by atoms with Gasteiger partial charge in [0.15, 0.2) is 11.5 Å². The number of carbonyl (C=O) groups excluding carboxylic acids is 1. The predicted octanol–water partition coefficient (Wildman–Crippen LogP) is 1.98. The number of benzene rings is 1. The van der Waals surface area contributed by atoms with Crippen LogP contribution in [0.15, 0.2) is 42.7 Å². The van der Waals surface area contributed by atoms with Crippen molar-refractivity contribution in [3.05, 3.63) is 48.3 Å². The Labute approximate surface area is 104 Å². The Hall–Kier alpha value is -2.56. The average Bonchev–Trinajstić information content (AvgIpc) is 2.40. The van der Waals surface area contributed by atoms with E-state index in [1.807, 2.05) is 12.1 Å². The van der Waals surface area contributed by atoms with E-state index in [2.05, 4.69) is 4.98 Å². The summed E-state index contributed by atoms with van der Waals surface area (Å²) >= 11 is 0. The van der Waals surface area contributed by atoms with Crippen LogP contribution >= 0.6 is 0 Å². The van der Waals surface area contributed by atoms with Gasteiger partial charge in [-0.25, -0.2) is 0 Å². The van der Waals surface area contributed by atoms with E-state index in [9.17, 15) is 4.79 Å². The van der Waals surface area contributed by atoms with E-state index in [0.29, 0.717) is 17.2 Å². The van der Waals surface area contributed by atoms with Gasteiger partial charge < -0.3 is 15.2 Å². The monoisotopic (exact) mass is 244 g/mol. The number of aromatic nitrogens is 1. The van der Waals surface area contributed by atoms with Gasteiger partial charge in [-0.3, -0.25) is 9.78 Å². The van der Waals surface area contributed by atoms with E-state index in [4.69, 9.17) is 15.2 Å². The van der Waals surface area contributed by atoms with Gasteiger partial charge in [-0.1, -0.05) is 12.1 Å². The molecule has 0 unspecified atom stereocenters. The Morgan fingerprint density at radius 3 is 2.56 bits per heavy atom. The van der Waals surface area contributed by atoms with Crippen LogP contribution in [0.3, 0.4) is 0 Å². The number of primary amides is 1. The number of pyridine rings is 1. The molecule has 2 aromatic rings. The average molecular weight is 244 g/mol. The Balaban J connectivity index is 2.37. The fourth-order valence-electron chi connectivity index (χ4n) is 1.48. The second-order valence-electron chi connectivity index (χ2n) is 3.49. The molecule has 0 bridgehead atoms. The third kappa shape index (κ3) is 2.40. The second kappa shape index (κ2) is 5.18. The molecule has 1 aromatic carbocycles. The lowest BCUT2D eigenvalue weighted by Gasteiger charge is -2.11. The van der Waals surface area contributed by atoms with Gasteiger partial charge in [0, 0.05) is 12.4 Å². The molecule has 92 valence electrons. The van der Waals surface area contributed by atoms with Gasteiger partial charge in [-0.2, -0.15) is 0 Å². The van der Waals surface area contributed by atoms with Crippen molar-refractivity contribution < 1.29 is 14.3 Å². The molecule has 5 nitrogen and oxygen atoms in total. The van der Waals surface area contributed by atoms with Crippen LogP contribution in [-0.4, -0.2) is 18.0 Å². The highest BCUT2D eigenvalue weighted by atomic mass is 16.5. The number of hydrogen-bond acceptors (Lipinski definition) is 4. The van der Waals surface area contributed by atoms with Crippen molar-refractivity contribution in [3.8, 4) is 17.2 Å². The lowest BCUT2D eigenvalue weighted by Crippen LogP contribution is -2.12. The Kier molecular flexibility index (Phi) is 3.43. The van der Waals surface area contributed by atoms with Crippen LogP contribution in [-0.2, 0) is 0 Å². The summed E-state index contributed by atoms with van der Waals surface area (Å²) in [5, 5.41) is 0. The number of para-hydroxylation sites is 2. The van der Waals surface area contributed by atoms with Crippen LogP contribution in [0.4, 0.5) is 0 Å². The molecule has 2 rings (SSSR count). The first kappa shape index (κ1) is 11.9. The topological polar surface area (TPSA) is 74.4 Å². The minimum atomic E-state index is -0.590. The van der Waals surface area contributed by atoms with Crippen LogP contribution < -0.4 is 15.2 Å². The zero-order valence-electron chi connectivity index (χ0n) is 9.79. The molecule has 0 saturated carbocycles. The maximum atomic E-state index is 11.2. The molecule has 5 heteroatoms. The van der Waals surface area contributed by atoms with Crippen LogP contribution in [0.2, 0.25) is 0 Å². The normalized spacial score (nSPS) is 9.83. The summed E-state index contributed by atoms with van der Waals surface area (Å²) in [5.41, 5.74) is 5.47. The van der Waals surface area contributed by atoms with Gasteiger partial charge in [0.25, 0.3) is 5.91 Å². The van der Waals surface area contributed by atoms with Crippen molar-refractivity contribution in [1.82, 2.24) is 4.98 Å². The van der Waals surface area contributed by atoms with E-state index in [1.54, 1.807) is 25.3 Å². The highest BCUT2D eigenvalue weighted by Gasteiger charge is 2.12. The number of carbonyl (C=O) groups is 1. The summed E-state index contributed by atoms with van der Waals surface area (Å²) in [6.45, 7) is 0. The van der Waals surface area contributed by atoms with Crippen molar-refractivity contribution in [2.45, 2.75) is 0 Å². The highest BCUT2D eigenvalue weighted by Crippen LogP contribution is 2.32. The van der Waals surface area contributed by atoms with Gasteiger partial charge in [0.1, 0.15) is 11.3 Å². The fraction of sp³-hybridized carbons (Fsp3) is 0.0769. The van der Waals surface area contributed by atoms with E-state index in [0.717, 1.165) is 0 Å². The molecule has 0 saturated heterocycles. The minimum Gasteiger partial charge on any atom is -0.493 e. The number of nitrogens with two attached hydrogens (primary N) is 1. The first-order valence-corrected chi connectivity index (χ1v) is 5.27. The molecule has 0 atom stereocenters. The van der Waals surface area contributed by atoms with E-state index in [-0.39, 0.29) is 5.56 Å². The van der Waals surface area contributed by atoms with Crippen LogP contribution in [0, 0.1) is 0 Å². The predicted molar refractivity (Wildman–Crippen MR) is 65.8 cm³/mol. The highest BCUT2D eigenvalue weighted by molar-refractivity contribution is 5.95.